The quantitative estimate of drug-likeness (QED) is 0.810. The number of rotatable bonds is 4. The Morgan fingerprint density at radius 1 is 1.20 bits per heavy atom. The first-order valence-electron chi connectivity index (χ1n) is 6.13. The van der Waals surface area contributed by atoms with Crippen LogP contribution in [0, 0.1) is 0 Å². The molecule has 0 saturated heterocycles. The molecule has 0 radical (unpaired) electrons. The molecule has 0 spiro atoms. The molecule has 2 aliphatic carbocycles. The van der Waals surface area contributed by atoms with Gasteiger partial charge in [0.15, 0.2) is 0 Å². The summed E-state index contributed by atoms with van der Waals surface area (Å²) >= 11 is 0. The van der Waals surface area contributed by atoms with Gasteiger partial charge >= 0.3 is 0 Å². The molecule has 0 aliphatic heterocycles. The molecular weight excluding hydrogens is 184 g/mol. The van der Waals surface area contributed by atoms with Crippen LogP contribution >= 0.6 is 0 Å². The van der Waals surface area contributed by atoms with Gasteiger partial charge in [-0.2, -0.15) is 0 Å². The van der Waals surface area contributed by atoms with Gasteiger partial charge in [-0.1, -0.05) is 0 Å². The van der Waals surface area contributed by atoms with E-state index >= 15 is 0 Å². The van der Waals surface area contributed by atoms with Gasteiger partial charge in [0.1, 0.15) is 0 Å². The third kappa shape index (κ3) is 1.85. The van der Waals surface area contributed by atoms with Crippen LogP contribution in [-0.4, -0.2) is 11.5 Å². The van der Waals surface area contributed by atoms with Crippen LogP contribution in [0.5, 0.6) is 0 Å². The van der Waals surface area contributed by atoms with E-state index in [1.807, 2.05) is 0 Å². The van der Waals surface area contributed by atoms with Crippen LogP contribution in [0.3, 0.4) is 0 Å². The fraction of sp³-hybridized carbons (Fsp3) is 0.615. The van der Waals surface area contributed by atoms with Crippen LogP contribution in [0.25, 0.3) is 0 Å². The molecule has 0 bridgehead atoms. The third-order valence-electron chi connectivity index (χ3n) is 3.27. The van der Waals surface area contributed by atoms with Crippen molar-refractivity contribution in [1.82, 2.24) is 4.98 Å². The van der Waals surface area contributed by atoms with E-state index in [2.05, 4.69) is 24.4 Å². The Hall–Kier alpha value is -1.05. The van der Waals surface area contributed by atoms with Crippen molar-refractivity contribution in [2.24, 2.45) is 0 Å². The highest BCUT2D eigenvalue weighted by atomic mass is 14.9. The number of hydrogen-bond donors (Lipinski definition) is 1. The van der Waals surface area contributed by atoms with E-state index in [9.17, 15) is 0 Å². The van der Waals surface area contributed by atoms with Gasteiger partial charge in [0.05, 0.1) is 11.4 Å². The lowest BCUT2D eigenvalue weighted by Gasteiger charge is -2.10. The van der Waals surface area contributed by atoms with Crippen molar-refractivity contribution in [2.75, 3.05) is 11.9 Å². The van der Waals surface area contributed by atoms with Crippen molar-refractivity contribution in [2.45, 2.75) is 44.4 Å². The first kappa shape index (κ1) is 9.20. The Bertz CT molecular complexity index is 365. The Morgan fingerprint density at radius 3 is 2.53 bits per heavy atom. The molecule has 1 aromatic rings. The van der Waals surface area contributed by atoms with Gasteiger partial charge in [-0.15, -0.1) is 0 Å². The predicted molar refractivity (Wildman–Crippen MR) is 62.4 cm³/mol. The number of nitrogens with one attached hydrogen (secondary N) is 1. The Balaban J connectivity index is 1.92. The molecule has 0 atom stereocenters. The Morgan fingerprint density at radius 2 is 1.93 bits per heavy atom. The van der Waals surface area contributed by atoms with E-state index in [1.165, 1.54) is 42.8 Å². The highest BCUT2D eigenvalue weighted by Crippen LogP contribution is 2.45. The zero-order valence-electron chi connectivity index (χ0n) is 9.29. The molecule has 2 heteroatoms. The number of nitrogens with zero attached hydrogens (tertiary/aromatic N) is 1. The zero-order chi connectivity index (χ0) is 10.3. The predicted octanol–water partition coefficient (Wildman–Crippen LogP) is 3.27. The minimum atomic E-state index is 0.748. The summed E-state index contributed by atoms with van der Waals surface area (Å²) in [4.78, 5) is 4.85. The van der Waals surface area contributed by atoms with Crippen LogP contribution in [0.1, 0.15) is 55.8 Å². The molecule has 1 heterocycles. The zero-order valence-corrected chi connectivity index (χ0v) is 9.29. The molecule has 15 heavy (non-hydrogen) atoms. The van der Waals surface area contributed by atoms with E-state index in [0.29, 0.717) is 0 Å². The SMILES string of the molecule is CCNc1ccc(C2CC2)nc1C1CC1. The standard InChI is InChI=1S/C13H18N2/c1-2-14-12-8-7-11(9-3-4-9)15-13(12)10-5-6-10/h7-10,14H,2-6H2,1H3. The minimum Gasteiger partial charge on any atom is -0.384 e. The minimum absolute atomic E-state index is 0.748. The van der Waals surface area contributed by atoms with E-state index in [-0.39, 0.29) is 0 Å². The van der Waals surface area contributed by atoms with Gasteiger partial charge in [0.25, 0.3) is 0 Å². The number of pyridine rings is 1. The van der Waals surface area contributed by atoms with Gasteiger partial charge < -0.3 is 5.32 Å². The maximum absolute atomic E-state index is 4.85. The lowest BCUT2D eigenvalue weighted by molar-refractivity contribution is 0.936. The van der Waals surface area contributed by atoms with Gasteiger partial charge in [-0.3, -0.25) is 4.98 Å². The summed E-state index contributed by atoms with van der Waals surface area (Å²) in [7, 11) is 0. The maximum atomic E-state index is 4.85. The van der Waals surface area contributed by atoms with Gasteiger partial charge in [0, 0.05) is 24.1 Å². The molecule has 2 nitrogen and oxygen atoms in total. The van der Waals surface area contributed by atoms with Crippen LogP contribution < -0.4 is 5.32 Å². The summed E-state index contributed by atoms with van der Waals surface area (Å²) < 4.78 is 0. The summed E-state index contributed by atoms with van der Waals surface area (Å²) in [5.74, 6) is 1.52. The maximum Gasteiger partial charge on any atom is 0.0668 e. The Kier molecular flexibility index (Phi) is 2.15. The van der Waals surface area contributed by atoms with Crippen LogP contribution in [-0.2, 0) is 0 Å². The number of hydrogen-bond acceptors (Lipinski definition) is 2. The first-order chi connectivity index (χ1) is 7.38. The smallest absolute Gasteiger partial charge is 0.0668 e. The monoisotopic (exact) mass is 202 g/mol. The second kappa shape index (κ2) is 3.51. The molecule has 2 aliphatic rings. The van der Waals surface area contributed by atoms with Gasteiger partial charge in [0.2, 0.25) is 0 Å². The molecule has 80 valence electrons. The lowest BCUT2D eigenvalue weighted by Crippen LogP contribution is -2.03. The summed E-state index contributed by atoms with van der Waals surface area (Å²) in [5.41, 5.74) is 3.93. The molecule has 0 amide bonds. The molecule has 3 rings (SSSR count). The first-order valence-corrected chi connectivity index (χ1v) is 6.13. The van der Waals surface area contributed by atoms with E-state index in [0.717, 1.165) is 18.4 Å². The number of aromatic nitrogens is 1. The molecule has 0 unspecified atom stereocenters. The summed E-state index contributed by atoms with van der Waals surface area (Å²) in [5, 5.41) is 3.42. The molecular formula is C13H18N2. The fourth-order valence-corrected chi connectivity index (χ4v) is 2.11. The molecule has 2 fully saturated rings. The van der Waals surface area contributed by atoms with E-state index in [4.69, 9.17) is 4.98 Å². The lowest BCUT2D eigenvalue weighted by atomic mass is 10.1. The van der Waals surface area contributed by atoms with Crippen molar-refractivity contribution < 1.29 is 0 Å². The van der Waals surface area contributed by atoms with Crippen molar-refractivity contribution in [3.8, 4) is 0 Å². The second-order valence-electron chi connectivity index (χ2n) is 4.75. The molecule has 1 N–H and O–H groups in total. The van der Waals surface area contributed by atoms with Crippen molar-refractivity contribution in [3.63, 3.8) is 0 Å². The van der Waals surface area contributed by atoms with Crippen LogP contribution in [0.15, 0.2) is 12.1 Å². The summed E-state index contributed by atoms with van der Waals surface area (Å²) in [6.45, 7) is 3.13. The third-order valence-corrected chi connectivity index (χ3v) is 3.27. The van der Waals surface area contributed by atoms with Crippen molar-refractivity contribution >= 4 is 5.69 Å². The highest BCUT2D eigenvalue weighted by molar-refractivity contribution is 5.51. The van der Waals surface area contributed by atoms with Crippen molar-refractivity contribution in [1.29, 1.82) is 0 Å². The van der Waals surface area contributed by atoms with Gasteiger partial charge in [-0.05, 0) is 44.7 Å². The average molecular weight is 202 g/mol. The fourth-order valence-electron chi connectivity index (χ4n) is 2.11. The van der Waals surface area contributed by atoms with Crippen LogP contribution in [0.2, 0.25) is 0 Å². The van der Waals surface area contributed by atoms with Crippen LogP contribution in [0.4, 0.5) is 5.69 Å². The summed E-state index contributed by atoms with van der Waals surface area (Å²) in [6, 6.07) is 4.44. The normalized spacial score (nSPS) is 20.3. The van der Waals surface area contributed by atoms with E-state index in [1.54, 1.807) is 0 Å². The van der Waals surface area contributed by atoms with Crippen molar-refractivity contribution in [3.05, 3.63) is 23.5 Å². The molecule has 1 aromatic heterocycles. The summed E-state index contributed by atoms with van der Waals surface area (Å²) in [6.07, 6.45) is 5.36. The second-order valence-corrected chi connectivity index (χ2v) is 4.75. The average Bonchev–Trinajstić information content (AvgIpc) is 3.12. The topological polar surface area (TPSA) is 24.9 Å². The molecule has 2 saturated carbocycles. The van der Waals surface area contributed by atoms with E-state index < -0.39 is 0 Å². The van der Waals surface area contributed by atoms with Gasteiger partial charge in [-0.25, -0.2) is 0 Å². The Labute approximate surface area is 91.1 Å². The highest BCUT2D eigenvalue weighted by Gasteiger charge is 2.30. The largest absolute Gasteiger partial charge is 0.384 e. The molecule has 0 aromatic carbocycles. The number of anilines is 1.